The molecule has 1 heterocycles. The van der Waals surface area contributed by atoms with Crippen LogP contribution in [-0.4, -0.2) is 17.6 Å². The lowest BCUT2D eigenvalue weighted by atomic mass is 10.1. The zero-order chi connectivity index (χ0) is 11.4. The van der Waals surface area contributed by atoms with Gasteiger partial charge in [-0.3, -0.25) is 4.98 Å². The Hall–Kier alpha value is -1.38. The molecule has 0 saturated heterocycles. The molecule has 15 heavy (non-hydrogen) atoms. The van der Waals surface area contributed by atoms with Crippen LogP contribution >= 0.6 is 0 Å². The van der Waals surface area contributed by atoms with E-state index in [-0.39, 0.29) is 5.97 Å². The third-order valence-electron chi connectivity index (χ3n) is 2.38. The smallest absolute Gasteiger partial charge is 0.339 e. The predicted octanol–water partition coefficient (Wildman–Crippen LogP) is 2.44. The molecule has 0 aliphatic heterocycles. The van der Waals surface area contributed by atoms with Crippen LogP contribution < -0.4 is 0 Å². The van der Waals surface area contributed by atoms with Crippen molar-refractivity contribution in [3.05, 3.63) is 28.6 Å². The molecule has 0 amide bonds. The molecule has 3 heteroatoms. The molecule has 1 rings (SSSR count). The normalized spacial score (nSPS) is 10.1. The lowest BCUT2D eigenvalue weighted by Gasteiger charge is -2.09. The molecule has 0 aliphatic rings. The second-order valence-electron chi connectivity index (χ2n) is 3.44. The maximum absolute atomic E-state index is 11.6. The van der Waals surface area contributed by atoms with Crippen LogP contribution in [0.4, 0.5) is 0 Å². The Morgan fingerprint density at radius 3 is 2.53 bits per heavy atom. The summed E-state index contributed by atoms with van der Waals surface area (Å²) < 4.78 is 4.97. The number of ether oxygens (including phenoxy) is 1. The van der Waals surface area contributed by atoms with Gasteiger partial charge in [-0.15, -0.1) is 0 Å². The van der Waals surface area contributed by atoms with Crippen LogP contribution in [0.15, 0.2) is 6.07 Å². The predicted molar refractivity (Wildman–Crippen MR) is 59.0 cm³/mol. The molecule has 0 atom stereocenters. The number of nitrogens with zero attached hydrogens (tertiary/aromatic N) is 1. The number of aryl methyl sites for hydroxylation is 3. The molecule has 0 aromatic carbocycles. The number of pyridine rings is 1. The third-order valence-corrected chi connectivity index (χ3v) is 2.38. The summed E-state index contributed by atoms with van der Waals surface area (Å²) in [4.78, 5) is 15.9. The molecule has 0 bridgehead atoms. The summed E-state index contributed by atoms with van der Waals surface area (Å²) in [5.74, 6) is -0.280. The second kappa shape index (κ2) is 4.91. The molecule has 1 aromatic rings. The minimum Gasteiger partial charge on any atom is -0.462 e. The van der Waals surface area contributed by atoms with E-state index in [2.05, 4.69) is 4.98 Å². The Morgan fingerprint density at radius 2 is 2.00 bits per heavy atom. The highest BCUT2D eigenvalue weighted by atomic mass is 16.5. The Balaban J connectivity index is 3.12. The number of carbonyl (C=O) groups excluding carboxylic acids is 1. The standard InChI is InChI=1S/C12H17NO2/c1-5-10-7-11(12(14)15-6-2)9(4)13-8(10)3/h7H,5-6H2,1-4H3. The fraction of sp³-hybridized carbons (Fsp3) is 0.500. The number of carbonyl (C=O) groups is 1. The molecule has 82 valence electrons. The first-order valence-electron chi connectivity index (χ1n) is 5.24. The average Bonchev–Trinajstić information content (AvgIpc) is 2.18. The summed E-state index contributed by atoms with van der Waals surface area (Å²) in [6, 6.07) is 1.88. The van der Waals surface area contributed by atoms with E-state index in [9.17, 15) is 4.79 Å². The summed E-state index contributed by atoms with van der Waals surface area (Å²) >= 11 is 0. The first-order chi connectivity index (χ1) is 7.10. The largest absolute Gasteiger partial charge is 0.462 e. The van der Waals surface area contributed by atoms with Crippen LogP contribution in [0.3, 0.4) is 0 Å². The molecule has 0 unspecified atom stereocenters. The number of rotatable bonds is 3. The van der Waals surface area contributed by atoms with Crippen molar-refractivity contribution in [2.75, 3.05) is 6.61 Å². The quantitative estimate of drug-likeness (QED) is 0.714. The maximum Gasteiger partial charge on any atom is 0.339 e. The summed E-state index contributed by atoms with van der Waals surface area (Å²) in [5.41, 5.74) is 3.41. The number of aromatic nitrogens is 1. The van der Waals surface area contributed by atoms with Crippen molar-refractivity contribution in [3.8, 4) is 0 Å². The van der Waals surface area contributed by atoms with Gasteiger partial charge >= 0.3 is 5.97 Å². The highest BCUT2D eigenvalue weighted by molar-refractivity contribution is 5.90. The molecule has 0 spiro atoms. The SMILES string of the molecule is CCOC(=O)c1cc(CC)c(C)nc1C. The molecule has 0 N–H and O–H groups in total. The first kappa shape index (κ1) is 11.7. The zero-order valence-electron chi connectivity index (χ0n) is 9.76. The van der Waals surface area contributed by atoms with Gasteiger partial charge in [0, 0.05) is 5.69 Å². The Morgan fingerprint density at radius 1 is 1.33 bits per heavy atom. The van der Waals surface area contributed by atoms with E-state index >= 15 is 0 Å². The van der Waals surface area contributed by atoms with Crippen LogP contribution in [0.2, 0.25) is 0 Å². The minimum absolute atomic E-state index is 0.280. The van der Waals surface area contributed by atoms with Gasteiger partial charge in [0.15, 0.2) is 0 Å². The molecular weight excluding hydrogens is 190 g/mol. The molecule has 0 fully saturated rings. The van der Waals surface area contributed by atoms with Crippen molar-refractivity contribution in [1.82, 2.24) is 4.98 Å². The summed E-state index contributed by atoms with van der Waals surface area (Å²) in [6.07, 6.45) is 0.880. The third kappa shape index (κ3) is 2.55. The van der Waals surface area contributed by atoms with Crippen molar-refractivity contribution in [3.63, 3.8) is 0 Å². The lowest BCUT2D eigenvalue weighted by Crippen LogP contribution is -2.09. The van der Waals surface area contributed by atoms with E-state index < -0.39 is 0 Å². The fourth-order valence-corrected chi connectivity index (χ4v) is 1.54. The average molecular weight is 207 g/mol. The van der Waals surface area contributed by atoms with Crippen LogP contribution in [-0.2, 0) is 11.2 Å². The lowest BCUT2D eigenvalue weighted by molar-refractivity contribution is 0.0525. The number of hydrogen-bond acceptors (Lipinski definition) is 3. The van der Waals surface area contributed by atoms with E-state index in [1.165, 1.54) is 0 Å². The van der Waals surface area contributed by atoms with Crippen molar-refractivity contribution >= 4 is 5.97 Å². The highest BCUT2D eigenvalue weighted by Gasteiger charge is 2.13. The van der Waals surface area contributed by atoms with Gasteiger partial charge in [0.05, 0.1) is 17.9 Å². The monoisotopic (exact) mass is 207 g/mol. The molecular formula is C12H17NO2. The van der Waals surface area contributed by atoms with Gasteiger partial charge in [-0.2, -0.15) is 0 Å². The minimum atomic E-state index is -0.280. The Kier molecular flexibility index (Phi) is 3.83. The molecule has 0 aliphatic carbocycles. The van der Waals surface area contributed by atoms with Crippen LogP contribution in [0.25, 0.3) is 0 Å². The molecule has 3 nitrogen and oxygen atoms in total. The second-order valence-corrected chi connectivity index (χ2v) is 3.44. The van der Waals surface area contributed by atoms with Gasteiger partial charge in [0.1, 0.15) is 0 Å². The van der Waals surface area contributed by atoms with Gasteiger partial charge in [-0.25, -0.2) is 4.79 Å². The van der Waals surface area contributed by atoms with E-state index in [4.69, 9.17) is 4.74 Å². The molecule has 0 saturated carbocycles. The van der Waals surface area contributed by atoms with Crippen molar-refractivity contribution in [2.24, 2.45) is 0 Å². The van der Waals surface area contributed by atoms with E-state index in [1.807, 2.05) is 26.8 Å². The van der Waals surface area contributed by atoms with E-state index in [0.717, 1.165) is 23.4 Å². The van der Waals surface area contributed by atoms with Gasteiger partial charge < -0.3 is 4.74 Å². The van der Waals surface area contributed by atoms with E-state index in [1.54, 1.807) is 6.92 Å². The topological polar surface area (TPSA) is 39.2 Å². The van der Waals surface area contributed by atoms with Crippen LogP contribution in [0, 0.1) is 13.8 Å². The summed E-state index contributed by atoms with van der Waals surface area (Å²) in [5, 5.41) is 0. The maximum atomic E-state index is 11.6. The Bertz CT molecular complexity index is 372. The van der Waals surface area contributed by atoms with Gasteiger partial charge in [-0.05, 0) is 38.8 Å². The summed E-state index contributed by atoms with van der Waals surface area (Å²) in [6.45, 7) is 8.04. The van der Waals surface area contributed by atoms with Crippen LogP contribution in [0.5, 0.6) is 0 Å². The summed E-state index contributed by atoms with van der Waals surface area (Å²) in [7, 11) is 0. The number of hydrogen-bond donors (Lipinski definition) is 0. The first-order valence-corrected chi connectivity index (χ1v) is 5.24. The van der Waals surface area contributed by atoms with Crippen molar-refractivity contribution in [1.29, 1.82) is 0 Å². The van der Waals surface area contributed by atoms with Crippen molar-refractivity contribution in [2.45, 2.75) is 34.1 Å². The van der Waals surface area contributed by atoms with Gasteiger partial charge in [0.2, 0.25) is 0 Å². The Labute approximate surface area is 90.5 Å². The highest BCUT2D eigenvalue weighted by Crippen LogP contribution is 2.14. The number of esters is 1. The van der Waals surface area contributed by atoms with Crippen molar-refractivity contribution < 1.29 is 9.53 Å². The van der Waals surface area contributed by atoms with E-state index in [0.29, 0.717) is 12.2 Å². The zero-order valence-corrected chi connectivity index (χ0v) is 9.76. The molecule has 1 aromatic heterocycles. The fourth-order valence-electron chi connectivity index (χ4n) is 1.54. The molecule has 0 radical (unpaired) electrons. The van der Waals surface area contributed by atoms with Gasteiger partial charge in [0.25, 0.3) is 0 Å². The van der Waals surface area contributed by atoms with Gasteiger partial charge in [-0.1, -0.05) is 6.92 Å². The van der Waals surface area contributed by atoms with Crippen LogP contribution in [0.1, 0.15) is 41.2 Å².